The Morgan fingerprint density at radius 3 is 2.58 bits per heavy atom. The molecule has 1 aliphatic rings. The maximum atomic E-state index is 10.6. The molecule has 3 unspecified atom stereocenters. The summed E-state index contributed by atoms with van der Waals surface area (Å²) >= 11 is 0. The zero-order valence-electron chi connectivity index (χ0n) is 6.86. The Hall–Kier alpha value is -0.167. The van der Waals surface area contributed by atoms with Crippen molar-refractivity contribution in [2.45, 2.75) is 13.3 Å². The molecule has 1 N–H and O–H groups in total. The number of aliphatic carboxylic acids is 1. The summed E-state index contributed by atoms with van der Waals surface area (Å²) in [7, 11) is 0. The third-order valence-corrected chi connectivity index (χ3v) is 2.44. The van der Waals surface area contributed by atoms with Crippen LogP contribution in [0.2, 0.25) is 0 Å². The molecule has 1 radical (unpaired) electrons. The van der Waals surface area contributed by atoms with Gasteiger partial charge in [0, 0.05) is 0 Å². The first kappa shape index (κ1) is 11.8. The average molecular weight is 255 g/mol. The molecule has 0 aromatic rings. The van der Waals surface area contributed by atoms with Gasteiger partial charge in [-0.2, -0.15) is 6.42 Å². The van der Waals surface area contributed by atoms with E-state index in [1.807, 2.05) is 13.3 Å². The van der Waals surface area contributed by atoms with Crippen molar-refractivity contribution < 1.29 is 29.4 Å². The smallest absolute Gasteiger partial charge is 0.518 e. The minimum atomic E-state index is -0.734. The van der Waals surface area contributed by atoms with Crippen LogP contribution in [0, 0.1) is 30.8 Å². The molecule has 1 rings (SSSR count). The van der Waals surface area contributed by atoms with Crippen molar-refractivity contribution in [3.8, 4) is 0 Å². The Labute approximate surface area is 85.8 Å². The second kappa shape index (κ2) is 4.76. The van der Waals surface area contributed by atoms with Crippen molar-refractivity contribution in [3.63, 3.8) is 0 Å². The first-order chi connectivity index (χ1) is 5.16. The van der Waals surface area contributed by atoms with Crippen LogP contribution in [0.15, 0.2) is 6.08 Å². The van der Waals surface area contributed by atoms with Gasteiger partial charge in [-0.1, -0.05) is 24.7 Å². The molecule has 1 saturated carbocycles. The monoisotopic (exact) mass is 255 g/mol. The van der Waals surface area contributed by atoms with E-state index in [0.29, 0.717) is 0 Å². The molecule has 0 aliphatic heterocycles. The van der Waals surface area contributed by atoms with Crippen LogP contribution >= 0.6 is 0 Å². The third kappa shape index (κ3) is 2.16. The van der Waals surface area contributed by atoms with E-state index in [1.54, 1.807) is 6.08 Å². The largest absolute Gasteiger partial charge is 2.00 e. The van der Waals surface area contributed by atoms with Crippen molar-refractivity contribution in [2.75, 3.05) is 0 Å². The normalized spacial score (nSPS) is 33.9. The van der Waals surface area contributed by atoms with Gasteiger partial charge in [0.05, 0.1) is 0 Å². The maximum Gasteiger partial charge on any atom is 2.00 e. The Morgan fingerprint density at radius 1 is 1.75 bits per heavy atom. The third-order valence-electron chi connectivity index (χ3n) is 2.44. The molecule has 3 atom stereocenters. The van der Waals surface area contributed by atoms with Gasteiger partial charge >= 0.3 is 19.5 Å². The van der Waals surface area contributed by atoms with Gasteiger partial charge in [0.2, 0.25) is 0 Å². The minimum Gasteiger partial charge on any atom is -0.518 e. The van der Waals surface area contributed by atoms with Gasteiger partial charge in [-0.05, 0) is 0 Å². The fourth-order valence-electron chi connectivity index (χ4n) is 1.58. The summed E-state index contributed by atoms with van der Waals surface area (Å²) in [5.41, 5.74) is 0. The van der Waals surface area contributed by atoms with Gasteiger partial charge in [-0.25, -0.2) is 0 Å². The Bertz CT molecular complexity index is 179. The number of rotatable bonds is 2. The summed E-state index contributed by atoms with van der Waals surface area (Å²) in [4.78, 5) is 10.6. The Morgan fingerprint density at radius 2 is 2.33 bits per heavy atom. The maximum absolute atomic E-state index is 10.6. The van der Waals surface area contributed by atoms with Gasteiger partial charge in [-0.15, -0.1) is 0 Å². The van der Waals surface area contributed by atoms with E-state index in [-0.39, 0.29) is 37.2 Å². The zero-order valence-corrected chi connectivity index (χ0v) is 8.50. The van der Waals surface area contributed by atoms with E-state index in [0.717, 1.165) is 6.42 Å². The molecule has 0 spiro atoms. The second-order valence-electron chi connectivity index (χ2n) is 3.05. The number of hydrogen-bond donors (Lipinski definition) is 1. The predicted octanol–water partition coefficient (Wildman–Crippen LogP) is 1.53. The average Bonchev–Trinajstić information content (AvgIpc) is 2.30. The van der Waals surface area contributed by atoms with Crippen LogP contribution in [-0.2, 0) is 24.3 Å². The SMILES string of the molecule is [CH-]=CC1C[CH-]C(C(=O)O)C1C.[Rh+2]. The van der Waals surface area contributed by atoms with Gasteiger partial charge in [-0.3, -0.25) is 10.9 Å². The Balaban J connectivity index is 0.00000121. The van der Waals surface area contributed by atoms with E-state index >= 15 is 0 Å². The molecule has 69 valence electrons. The van der Waals surface area contributed by atoms with E-state index in [9.17, 15) is 4.79 Å². The first-order valence-electron chi connectivity index (χ1n) is 3.78. The number of carbonyl (C=O) groups is 1. The van der Waals surface area contributed by atoms with Crippen LogP contribution in [-0.4, -0.2) is 11.1 Å². The van der Waals surface area contributed by atoms with Crippen molar-refractivity contribution >= 4 is 5.97 Å². The van der Waals surface area contributed by atoms with Gasteiger partial charge in [0.25, 0.3) is 5.97 Å². The molecule has 0 heterocycles. The van der Waals surface area contributed by atoms with Crippen molar-refractivity contribution in [1.29, 1.82) is 0 Å². The quantitative estimate of drug-likeness (QED) is 0.600. The number of allylic oxidation sites excluding steroid dienone is 1. The molecule has 1 aliphatic carbocycles. The molecule has 0 saturated heterocycles. The fraction of sp³-hybridized carbons (Fsp3) is 0.556. The number of carboxylic acids is 1. The van der Waals surface area contributed by atoms with Crippen LogP contribution in [0.1, 0.15) is 13.3 Å². The summed E-state index contributed by atoms with van der Waals surface area (Å²) in [6.45, 7) is 7.28. The van der Waals surface area contributed by atoms with Gasteiger partial charge in [0.1, 0.15) is 0 Å². The molecule has 2 nitrogen and oxygen atoms in total. The van der Waals surface area contributed by atoms with Crippen molar-refractivity contribution in [3.05, 3.63) is 19.1 Å². The molecular weight excluding hydrogens is 243 g/mol. The summed E-state index contributed by atoms with van der Waals surface area (Å²) < 4.78 is 0. The number of hydrogen-bond acceptors (Lipinski definition) is 1. The van der Waals surface area contributed by atoms with E-state index < -0.39 is 5.97 Å². The topological polar surface area (TPSA) is 37.3 Å². The first-order valence-corrected chi connectivity index (χ1v) is 3.78. The molecule has 0 aromatic carbocycles. The predicted molar refractivity (Wildman–Crippen MR) is 41.6 cm³/mol. The molecular formula is C9H12O2Rh. The molecule has 0 aromatic heterocycles. The molecule has 0 amide bonds. The summed E-state index contributed by atoms with van der Waals surface area (Å²) in [6, 6.07) is 0. The Kier molecular flexibility index (Phi) is 4.69. The second-order valence-corrected chi connectivity index (χ2v) is 3.05. The van der Waals surface area contributed by atoms with E-state index in [1.165, 1.54) is 0 Å². The van der Waals surface area contributed by atoms with Gasteiger partial charge < -0.3 is 18.1 Å². The summed E-state index contributed by atoms with van der Waals surface area (Å²) in [5, 5.41) is 8.71. The van der Waals surface area contributed by atoms with Crippen molar-refractivity contribution in [2.24, 2.45) is 17.8 Å². The molecule has 12 heavy (non-hydrogen) atoms. The molecule has 3 heteroatoms. The van der Waals surface area contributed by atoms with E-state index in [2.05, 4.69) is 0 Å². The zero-order chi connectivity index (χ0) is 8.43. The van der Waals surface area contributed by atoms with Crippen LogP contribution in [0.3, 0.4) is 0 Å². The number of carboxylic acid groups (broad SMARTS) is 1. The molecule has 1 fully saturated rings. The van der Waals surface area contributed by atoms with Crippen LogP contribution in [0.25, 0.3) is 0 Å². The van der Waals surface area contributed by atoms with Crippen LogP contribution in [0.4, 0.5) is 0 Å². The minimum absolute atomic E-state index is 0. The fourth-order valence-corrected chi connectivity index (χ4v) is 1.58. The van der Waals surface area contributed by atoms with Crippen LogP contribution < -0.4 is 0 Å². The van der Waals surface area contributed by atoms with E-state index in [4.69, 9.17) is 11.7 Å². The summed E-state index contributed by atoms with van der Waals surface area (Å²) in [6.07, 6.45) is 4.24. The summed E-state index contributed by atoms with van der Waals surface area (Å²) in [5.74, 6) is -0.643. The standard InChI is InChI=1S/C9H12O2.Rh/c1-3-7-4-5-8(6(7)2)9(10)11;/h1,3,5-8H,4H2,2H3,(H,10,11);/q-2;+2. The van der Waals surface area contributed by atoms with Crippen molar-refractivity contribution in [1.82, 2.24) is 0 Å². The van der Waals surface area contributed by atoms with Gasteiger partial charge in [0.15, 0.2) is 0 Å². The molecule has 0 bridgehead atoms. The van der Waals surface area contributed by atoms with Crippen LogP contribution in [0.5, 0.6) is 0 Å².